The summed E-state index contributed by atoms with van der Waals surface area (Å²) in [5, 5.41) is 0.650. The second-order valence-corrected chi connectivity index (χ2v) is 6.94. The van der Waals surface area contributed by atoms with Gasteiger partial charge in [-0.2, -0.15) is 0 Å². The molecule has 5 rings (SSSR count). The molecule has 0 amide bonds. The fraction of sp³-hybridized carbons (Fsp3) is 0.217. The molecule has 0 fully saturated rings. The van der Waals surface area contributed by atoms with E-state index in [0.717, 1.165) is 16.9 Å². The lowest BCUT2D eigenvalue weighted by atomic mass is 9.86. The van der Waals surface area contributed by atoms with Crippen LogP contribution in [0.3, 0.4) is 0 Å². The maximum Gasteiger partial charge on any atom is 0.348 e. The van der Waals surface area contributed by atoms with E-state index in [1.807, 2.05) is 42.5 Å². The third kappa shape index (κ3) is 2.79. The summed E-state index contributed by atoms with van der Waals surface area (Å²) in [7, 11) is 0. The Hall–Kier alpha value is -3.54. The SMILES string of the molecule is CCOC(=O)[C@@H]1Oc2c(c(=O)oc3ccccc23)[C@@H]1C1=Cc2ccccc2OC1. The lowest BCUT2D eigenvalue weighted by Crippen LogP contribution is -2.34. The number of esters is 1. The van der Waals surface area contributed by atoms with Crippen molar-refractivity contribution in [2.24, 2.45) is 0 Å². The third-order valence-electron chi connectivity index (χ3n) is 5.23. The minimum atomic E-state index is -0.973. The Morgan fingerprint density at radius 3 is 2.79 bits per heavy atom. The average Bonchev–Trinajstić information content (AvgIpc) is 3.15. The summed E-state index contributed by atoms with van der Waals surface area (Å²) >= 11 is 0. The molecule has 0 saturated carbocycles. The van der Waals surface area contributed by atoms with Crippen LogP contribution in [-0.4, -0.2) is 25.3 Å². The maximum atomic E-state index is 12.9. The monoisotopic (exact) mass is 390 g/mol. The summed E-state index contributed by atoms with van der Waals surface area (Å²) < 4.78 is 22.7. The first kappa shape index (κ1) is 17.6. The van der Waals surface area contributed by atoms with E-state index < -0.39 is 23.6 Å². The van der Waals surface area contributed by atoms with Gasteiger partial charge in [-0.25, -0.2) is 9.59 Å². The van der Waals surface area contributed by atoms with Crippen molar-refractivity contribution in [1.29, 1.82) is 0 Å². The quantitative estimate of drug-likeness (QED) is 0.502. The van der Waals surface area contributed by atoms with E-state index in [2.05, 4.69) is 0 Å². The van der Waals surface area contributed by atoms with Crippen LogP contribution in [-0.2, 0) is 9.53 Å². The van der Waals surface area contributed by atoms with E-state index in [4.69, 9.17) is 18.6 Å². The summed E-state index contributed by atoms with van der Waals surface area (Å²) in [5.41, 5.74) is 1.88. The molecule has 2 aliphatic heterocycles. The standard InChI is InChI=1S/C23H18O6/c1-2-26-23(25)21-18(14-11-13-7-3-5-9-16(13)27-12-14)19-20(29-21)15-8-4-6-10-17(15)28-22(19)24/h3-11,18,21H,2,12H2,1H3/t18-,21+/m0/s1. The van der Waals surface area contributed by atoms with Gasteiger partial charge in [-0.3, -0.25) is 0 Å². The number of benzene rings is 2. The second kappa shape index (κ2) is 6.81. The molecule has 3 aromatic rings. The molecule has 2 aromatic carbocycles. The summed E-state index contributed by atoms with van der Waals surface area (Å²) in [4.78, 5) is 25.6. The highest BCUT2D eigenvalue weighted by molar-refractivity contribution is 5.89. The van der Waals surface area contributed by atoms with Crippen LogP contribution in [0.1, 0.15) is 24.0 Å². The molecule has 0 saturated heterocycles. The molecule has 6 nitrogen and oxygen atoms in total. The fourth-order valence-corrected chi connectivity index (χ4v) is 3.98. The van der Waals surface area contributed by atoms with Gasteiger partial charge < -0.3 is 18.6 Å². The Morgan fingerprint density at radius 1 is 1.14 bits per heavy atom. The number of hydrogen-bond acceptors (Lipinski definition) is 6. The van der Waals surface area contributed by atoms with E-state index in [0.29, 0.717) is 22.3 Å². The van der Waals surface area contributed by atoms with E-state index in [-0.39, 0.29) is 13.2 Å². The minimum Gasteiger partial charge on any atom is -0.489 e. The average molecular weight is 390 g/mol. The first-order valence-electron chi connectivity index (χ1n) is 9.48. The number of carbonyl (C=O) groups excluding carboxylic acids is 1. The number of para-hydroxylation sites is 2. The first-order chi connectivity index (χ1) is 14.2. The zero-order chi connectivity index (χ0) is 20.0. The molecule has 2 atom stereocenters. The molecule has 6 heteroatoms. The Bertz CT molecular complexity index is 1210. The van der Waals surface area contributed by atoms with Crippen molar-refractivity contribution < 1.29 is 23.4 Å². The van der Waals surface area contributed by atoms with Crippen LogP contribution in [0.25, 0.3) is 17.0 Å². The normalized spacial score (nSPS) is 19.6. The highest BCUT2D eigenvalue weighted by atomic mass is 16.6. The van der Waals surface area contributed by atoms with Gasteiger partial charge in [0.1, 0.15) is 23.7 Å². The molecule has 0 bridgehead atoms. The number of fused-ring (bicyclic) bond motifs is 4. The molecule has 2 aliphatic rings. The highest BCUT2D eigenvalue weighted by Crippen LogP contribution is 2.46. The van der Waals surface area contributed by atoms with Gasteiger partial charge >= 0.3 is 11.6 Å². The lowest BCUT2D eigenvalue weighted by Gasteiger charge is -2.24. The summed E-state index contributed by atoms with van der Waals surface area (Å²) in [6.07, 6.45) is 0.974. The predicted octanol–water partition coefficient (Wildman–Crippen LogP) is 3.68. The van der Waals surface area contributed by atoms with Crippen molar-refractivity contribution in [3.63, 3.8) is 0 Å². The van der Waals surface area contributed by atoms with Gasteiger partial charge in [0.05, 0.1) is 23.5 Å². The zero-order valence-corrected chi connectivity index (χ0v) is 15.7. The van der Waals surface area contributed by atoms with Crippen molar-refractivity contribution in [2.75, 3.05) is 13.2 Å². The number of rotatable bonds is 3. The highest BCUT2D eigenvalue weighted by Gasteiger charge is 2.46. The molecule has 3 heterocycles. The summed E-state index contributed by atoms with van der Waals surface area (Å²) in [6, 6.07) is 14.7. The predicted molar refractivity (Wildman–Crippen MR) is 106 cm³/mol. The van der Waals surface area contributed by atoms with Crippen molar-refractivity contribution in [1.82, 2.24) is 0 Å². The lowest BCUT2D eigenvalue weighted by molar-refractivity contribution is -0.151. The van der Waals surface area contributed by atoms with Crippen LogP contribution in [0.5, 0.6) is 11.5 Å². The van der Waals surface area contributed by atoms with Crippen LogP contribution in [0.2, 0.25) is 0 Å². The van der Waals surface area contributed by atoms with E-state index in [1.165, 1.54) is 0 Å². The summed E-state index contributed by atoms with van der Waals surface area (Å²) in [5.74, 6) is -0.0246. The minimum absolute atomic E-state index is 0.218. The van der Waals surface area contributed by atoms with Gasteiger partial charge in [-0.1, -0.05) is 30.3 Å². The van der Waals surface area contributed by atoms with Crippen LogP contribution in [0.15, 0.2) is 63.3 Å². The van der Waals surface area contributed by atoms with Gasteiger partial charge in [0.2, 0.25) is 6.10 Å². The molecular weight excluding hydrogens is 372 g/mol. The van der Waals surface area contributed by atoms with Crippen molar-refractivity contribution >= 4 is 23.0 Å². The number of hydrogen-bond donors (Lipinski definition) is 0. The van der Waals surface area contributed by atoms with Gasteiger partial charge in [0, 0.05) is 5.56 Å². The van der Waals surface area contributed by atoms with Crippen LogP contribution < -0.4 is 15.1 Å². The Balaban J connectivity index is 1.70. The molecule has 0 N–H and O–H groups in total. The summed E-state index contributed by atoms with van der Waals surface area (Å²) in [6.45, 7) is 2.19. The molecule has 0 unspecified atom stereocenters. The fourth-order valence-electron chi connectivity index (χ4n) is 3.98. The third-order valence-corrected chi connectivity index (χ3v) is 5.23. The molecule has 0 spiro atoms. The van der Waals surface area contributed by atoms with E-state index >= 15 is 0 Å². The van der Waals surface area contributed by atoms with Gasteiger partial charge in [0.15, 0.2) is 0 Å². The van der Waals surface area contributed by atoms with Crippen LogP contribution in [0.4, 0.5) is 0 Å². The molecular formula is C23H18O6. The Kier molecular flexibility index (Phi) is 4.12. The van der Waals surface area contributed by atoms with Crippen LogP contribution >= 0.6 is 0 Å². The van der Waals surface area contributed by atoms with Crippen LogP contribution in [0, 0.1) is 0 Å². The maximum absolute atomic E-state index is 12.9. The largest absolute Gasteiger partial charge is 0.489 e. The van der Waals surface area contributed by atoms with E-state index in [1.54, 1.807) is 19.1 Å². The van der Waals surface area contributed by atoms with Gasteiger partial charge in [0.25, 0.3) is 0 Å². The van der Waals surface area contributed by atoms with Crippen molar-refractivity contribution in [2.45, 2.75) is 18.9 Å². The molecule has 29 heavy (non-hydrogen) atoms. The topological polar surface area (TPSA) is 75.0 Å². The Labute approximate surface area is 166 Å². The molecule has 1 aromatic heterocycles. The first-order valence-corrected chi connectivity index (χ1v) is 9.48. The molecule has 0 aliphatic carbocycles. The van der Waals surface area contributed by atoms with Crippen molar-refractivity contribution in [3.8, 4) is 11.5 Å². The van der Waals surface area contributed by atoms with Crippen molar-refractivity contribution in [3.05, 3.63) is 75.7 Å². The number of carbonyl (C=O) groups is 1. The van der Waals surface area contributed by atoms with Gasteiger partial charge in [-0.05, 0) is 36.8 Å². The number of ether oxygens (including phenoxy) is 3. The van der Waals surface area contributed by atoms with Gasteiger partial charge in [-0.15, -0.1) is 0 Å². The smallest absolute Gasteiger partial charge is 0.348 e. The second-order valence-electron chi connectivity index (χ2n) is 6.94. The molecule has 146 valence electrons. The van der Waals surface area contributed by atoms with E-state index in [9.17, 15) is 9.59 Å². The molecule has 0 radical (unpaired) electrons. The zero-order valence-electron chi connectivity index (χ0n) is 15.7. The Morgan fingerprint density at radius 2 is 1.93 bits per heavy atom.